The lowest BCUT2D eigenvalue weighted by Crippen LogP contribution is -2.32. The highest BCUT2D eigenvalue weighted by atomic mass is 16.7. The van der Waals surface area contributed by atoms with E-state index in [1.54, 1.807) is 0 Å². The zero-order chi connectivity index (χ0) is 10.5. The molecule has 2 atom stereocenters. The molecule has 3 nitrogen and oxygen atoms in total. The molecule has 0 bridgehead atoms. The third-order valence-corrected chi connectivity index (χ3v) is 2.23. The summed E-state index contributed by atoms with van der Waals surface area (Å²) < 4.78 is 10.9. The van der Waals surface area contributed by atoms with Gasteiger partial charge in [0.2, 0.25) is 0 Å². The van der Waals surface area contributed by atoms with E-state index in [4.69, 9.17) is 15.2 Å². The van der Waals surface area contributed by atoms with Crippen LogP contribution in [0, 0.1) is 0 Å². The lowest BCUT2D eigenvalue weighted by molar-refractivity contribution is -0.125. The minimum Gasteiger partial charge on any atom is -0.347 e. The van der Waals surface area contributed by atoms with Crippen LogP contribution in [0.5, 0.6) is 0 Å². The second kappa shape index (κ2) is 5.07. The summed E-state index contributed by atoms with van der Waals surface area (Å²) in [6.07, 6.45) is 3.51. The third-order valence-electron chi connectivity index (χ3n) is 2.23. The smallest absolute Gasteiger partial charge is 0.177 e. The summed E-state index contributed by atoms with van der Waals surface area (Å²) in [6, 6.07) is 10.0. The van der Waals surface area contributed by atoms with Gasteiger partial charge in [0.15, 0.2) is 6.29 Å². The molecule has 1 aromatic rings. The molecule has 1 aliphatic rings. The van der Waals surface area contributed by atoms with Crippen LogP contribution in [-0.4, -0.2) is 18.9 Å². The van der Waals surface area contributed by atoms with Crippen LogP contribution >= 0.6 is 0 Å². The van der Waals surface area contributed by atoms with Crippen LogP contribution in [-0.2, 0) is 16.1 Å². The largest absolute Gasteiger partial charge is 0.347 e. The predicted molar refractivity (Wildman–Crippen MR) is 58.1 cm³/mol. The highest BCUT2D eigenvalue weighted by Crippen LogP contribution is 2.09. The minimum atomic E-state index is -0.259. The van der Waals surface area contributed by atoms with E-state index in [9.17, 15) is 0 Å². The molecule has 0 spiro atoms. The van der Waals surface area contributed by atoms with Gasteiger partial charge in [-0.05, 0) is 11.6 Å². The van der Waals surface area contributed by atoms with Crippen LogP contribution < -0.4 is 5.73 Å². The van der Waals surface area contributed by atoms with E-state index in [1.165, 1.54) is 0 Å². The van der Waals surface area contributed by atoms with Gasteiger partial charge in [-0.1, -0.05) is 36.4 Å². The van der Waals surface area contributed by atoms with Crippen molar-refractivity contribution in [2.75, 3.05) is 6.61 Å². The van der Waals surface area contributed by atoms with Crippen molar-refractivity contribution >= 4 is 0 Å². The molecule has 0 unspecified atom stereocenters. The molecule has 80 valence electrons. The highest BCUT2D eigenvalue weighted by molar-refractivity contribution is 5.13. The fourth-order valence-electron chi connectivity index (χ4n) is 1.41. The molecule has 0 radical (unpaired) electrons. The van der Waals surface area contributed by atoms with Crippen molar-refractivity contribution in [3.05, 3.63) is 48.0 Å². The standard InChI is InChI=1S/C12H15NO2/c13-11-6-7-12(15-9-11)14-8-10-4-2-1-3-5-10/h1-7,11-12H,8-9,13H2/t11-,12-/m1/s1. The summed E-state index contributed by atoms with van der Waals surface area (Å²) in [5, 5.41) is 0. The summed E-state index contributed by atoms with van der Waals surface area (Å²) in [5.74, 6) is 0. The van der Waals surface area contributed by atoms with Crippen LogP contribution in [0.4, 0.5) is 0 Å². The number of ether oxygens (including phenoxy) is 2. The summed E-state index contributed by atoms with van der Waals surface area (Å²) in [7, 11) is 0. The van der Waals surface area contributed by atoms with Crippen molar-refractivity contribution in [2.45, 2.75) is 18.9 Å². The molecule has 1 heterocycles. The summed E-state index contributed by atoms with van der Waals surface area (Å²) >= 11 is 0. The number of hydrogen-bond acceptors (Lipinski definition) is 3. The van der Waals surface area contributed by atoms with Gasteiger partial charge in [0.1, 0.15) is 0 Å². The Bertz CT molecular complexity index is 324. The molecule has 1 aromatic carbocycles. The monoisotopic (exact) mass is 205 g/mol. The Hall–Kier alpha value is -1.16. The lowest BCUT2D eigenvalue weighted by atomic mass is 10.2. The number of rotatable bonds is 3. The van der Waals surface area contributed by atoms with Crippen molar-refractivity contribution in [3.8, 4) is 0 Å². The summed E-state index contributed by atoms with van der Waals surface area (Å²) in [6.45, 7) is 1.08. The van der Waals surface area contributed by atoms with Crippen LogP contribution in [0.25, 0.3) is 0 Å². The second-order valence-corrected chi connectivity index (χ2v) is 3.55. The van der Waals surface area contributed by atoms with Gasteiger partial charge in [0.25, 0.3) is 0 Å². The molecule has 0 amide bonds. The van der Waals surface area contributed by atoms with Gasteiger partial charge in [-0.2, -0.15) is 0 Å². The Balaban J connectivity index is 1.82. The topological polar surface area (TPSA) is 44.5 Å². The molecule has 1 aliphatic heterocycles. The van der Waals surface area contributed by atoms with Gasteiger partial charge >= 0.3 is 0 Å². The van der Waals surface area contributed by atoms with Crippen molar-refractivity contribution in [1.29, 1.82) is 0 Å². The normalized spacial score (nSPS) is 25.4. The SMILES string of the molecule is N[C@@H]1C=C[C@H](OCc2ccccc2)OC1. The Labute approximate surface area is 89.5 Å². The van der Waals surface area contributed by atoms with Crippen LogP contribution in [0.2, 0.25) is 0 Å². The first-order valence-corrected chi connectivity index (χ1v) is 5.05. The Morgan fingerprint density at radius 3 is 2.73 bits per heavy atom. The fourth-order valence-corrected chi connectivity index (χ4v) is 1.41. The van der Waals surface area contributed by atoms with E-state index in [-0.39, 0.29) is 12.3 Å². The lowest BCUT2D eigenvalue weighted by Gasteiger charge is -2.21. The van der Waals surface area contributed by atoms with Gasteiger partial charge in [-0.15, -0.1) is 0 Å². The molecule has 0 saturated heterocycles. The van der Waals surface area contributed by atoms with Gasteiger partial charge in [0, 0.05) is 6.04 Å². The van der Waals surface area contributed by atoms with Crippen molar-refractivity contribution < 1.29 is 9.47 Å². The number of nitrogens with two attached hydrogens (primary N) is 1. The van der Waals surface area contributed by atoms with Crippen LogP contribution in [0.1, 0.15) is 5.56 Å². The van der Waals surface area contributed by atoms with Crippen molar-refractivity contribution in [2.24, 2.45) is 5.73 Å². The number of hydrogen-bond donors (Lipinski definition) is 1. The van der Waals surface area contributed by atoms with Crippen molar-refractivity contribution in [1.82, 2.24) is 0 Å². The highest BCUT2D eigenvalue weighted by Gasteiger charge is 2.12. The van der Waals surface area contributed by atoms with Gasteiger partial charge in [0.05, 0.1) is 13.2 Å². The maximum absolute atomic E-state index is 5.64. The Morgan fingerprint density at radius 1 is 1.27 bits per heavy atom. The Kier molecular flexibility index (Phi) is 3.50. The number of benzene rings is 1. The second-order valence-electron chi connectivity index (χ2n) is 3.55. The maximum atomic E-state index is 5.64. The first kappa shape index (κ1) is 10.4. The van der Waals surface area contributed by atoms with E-state index in [0.29, 0.717) is 13.2 Å². The quantitative estimate of drug-likeness (QED) is 0.759. The molecule has 0 aliphatic carbocycles. The summed E-state index contributed by atoms with van der Waals surface area (Å²) in [5.41, 5.74) is 6.78. The van der Waals surface area contributed by atoms with Gasteiger partial charge in [-0.3, -0.25) is 0 Å². The van der Waals surface area contributed by atoms with Gasteiger partial charge < -0.3 is 15.2 Å². The minimum absolute atomic E-state index is 0.00146. The zero-order valence-corrected chi connectivity index (χ0v) is 8.50. The molecular formula is C12H15NO2. The molecule has 0 saturated carbocycles. The van der Waals surface area contributed by atoms with Crippen LogP contribution in [0.3, 0.4) is 0 Å². The van der Waals surface area contributed by atoms with E-state index in [2.05, 4.69) is 0 Å². The average Bonchev–Trinajstić information content (AvgIpc) is 2.30. The van der Waals surface area contributed by atoms with Crippen molar-refractivity contribution in [3.63, 3.8) is 0 Å². The van der Waals surface area contributed by atoms with E-state index >= 15 is 0 Å². The molecule has 2 N–H and O–H groups in total. The molecule has 0 fully saturated rings. The molecule has 3 heteroatoms. The maximum Gasteiger partial charge on any atom is 0.177 e. The third kappa shape index (κ3) is 3.16. The summed E-state index contributed by atoms with van der Waals surface area (Å²) in [4.78, 5) is 0. The fraction of sp³-hybridized carbons (Fsp3) is 0.333. The first-order chi connectivity index (χ1) is 7.34. The van der Waals surface area contributed by atoms with E-state index in [1.807, 2.05) is 42.5 Å². The molecular weight excluding hydrogens is 190 g/mol. The predicted octanol–water partition coefficient (Wildman–Crippen LogP) is 1.44. The van der Waals surface area contributed by atoms with Crippen LogP contribution in [0.15, 0.2) is 42.5 Å². The van der Waals surface area contributed by atoms with Gasteiger partial charge in [-0.25, -0.2) is 0 Å². The van der Waals surface area contributed by atoms with E-state index < -0.39 is 0 Å². The Morgan fingerprint density at radius 2 is 2.07 bits per heavy atom. The average molecular weight is 205 g/mol. The molecule has 15 heavy (non-hydrogen) atoms. The van der Waals surface area contributed by atoms with E-state index in [0.717, 1.165) is 5.56 Å². The molecule has 2 rings (SSSR count). The zero-order valence-electron chi connectivity index (χ0n) is 8.50. The first-order valence-electron chi connectivity index (χ1n) is 5.05. The molecule has 0 aromatic heterocycles.